The Labute approximate surface area is 121 Å². The maximum absolute atomic E-state index is 6.08. The molecular weight excluding hydrogens is 282 g/mol. The Morgan fingerprint density at radius 1 is 1.42 bits per heavy atom. The number of aromatic nitrogens is 1. The van der Waals surface area contributed by atoms with Gasteiger partial charge in [0.25, 0.3) is 0 Å². The third-order valence-corrected chi connectivity index (χ3v) is 3.87. The lowest BCUT2D eigenvalue weighted by Gasteiger charge is -2.12. The van der Waals surface area contributed by atoms with Crippen molar-refractivity contribution in [2.45, 2.75) is 13.8 Å². The molecule has 0 aliphatic heterocycles. The molecule has 4 nitrogen and oxygen atoms in total. The first kappa shape index (κ1) is 13.8. The van der Waals surface area contributed by atoms with Crippen LogP contribution in [0.5, 0.6) is 5.75 Å². The van der Waals surface area contributed by atoms with Gasteiger partial charge in [-0.1, -0.05) is 17.7 Å². The summed E-state index contributed by atoms with van der Waals surface area (Å²) in [5, 5.41) is 7.05. The van der Waals surface area contributed by atoms with Crippen molar-refractivity contribution in [1.29, 1.82) is 0 Å². The van der Waals surface area contributed by atoms with E-state index in [0.717, 1.165) is 22.6 Å². The number of anilines is 1. The van der Waals surface area contributed by atoms with Crippen molar-refractivity contribution < 1.29 is 4.74 Å². The molecule has 1 aromatic heterocycles. The highest BCUT2D eigenvalue weighted by Gasteiger charge is 2.08. The van der Waals surface area contributed by atoms with Crippen LogP contribution in [0.15, 0.2) is 28.8 Å². The van der Waals surface area contributed by atoms with Gasteiger partial charge in [-0.3, -0.25) is 5.43 Å². The van der Waals surface area contributed by atoms with Gasteiger partial charge in [0, 0.05) is 17.1 Å². The third kappa shape index (κ3) is 3.05. The predicted molar refractivity (Wildman–Crippen MR) is 80.6 cm³/mol. The second-order valence-corrected chi connectivity index (χ2v) is 5.19. The molecule has 1 N–H and O–H groups in total. The molecule has 0 unspecified atom stereocenters. The molecule has 0 aliphatic carbocycles. The summed E-state index contributed by atoms with van der Waals surface area (Å²) in [5.74, 6) is 0.814. The van der Waals surface area contributed by atoms with Crippen molar-refractivity contribution in [3.63, 3.8) is 0 Å². The Morgan fingerprint density at radius 3 is 2.84 bits per heavy atom. The Hall–Kier alpha value is -1.59. The molecule has 0 spiro atoms. The number of thiazole rings is 1. The molecule has 1 aromatic carbocycles. The fourth-order valence-corrected chi connectivity index (χ4v) is 2.44. The number of benzene rings is 1. The molecule has 0 fully saturated rings. The van der Waals surface area contributed by atoms with Crippen LogP contribution in [0.25, 0.3) is 0 Å². The molecule has 1 heterocycles. The van der Waals surface area contributed by atoms with E-state index in [0.29, 0.717) is 10.2 Å². The molecule has 0 atom stereocenters. The van der Waals surface area contributed by atoms with Crippen LogP contribution in [0, 0.1) is 13.8 Å². The fourth-order valence-electron chi connectivity index (χ4n) is 1.70. The second-order valence-electron chi connectivity index (χ2n) is 3.94. The lowest BCUT2D eigenvalue weighted by molar-refractivity contribution is 0.412. The fraction of sp³-hybridized carbons (Fsp3) is 0.231. The van der Waals surface area contributed by atoms with Gasteiger partial charge in [-0.15, -0.1) is 11.3 Å². The van der Waals surface area contributed by atoms with Gasteiger partial charge < -0.3 is 4.74 Å². The summed E-state index contributed by atoms with van der Waals surface area (Å²) < 4.78 is 5.29. The van der Waals surface area contributed by atoms with Crippen molar-refractivity contribution in [2.24, 2.45) is 5.10 Å². The topological polar surface area (TPSA) is 46.5 Å². The van der Waals surface area contributed by atoms with Crippen molar-refractivity contribution in [2.75, 3.05) is 12.5 Å². The smallest absolute Gasteiger partial charge is 0.185 e. The number of halogens is 1. The van der Waals surface area contributed by atoms with Crippen molar-refractivity contribution in [3.05, 3.63) is 39.8 Å². The normalized spacial score (nSPS) is 11.5. The lowest BCUT2D eigenvalue weighted by atomic mass is 10.1. The number of hydrogen-bond acceptors (Lipinski definition) is 5. The summed E-state index contributed by atoms with van der Waals surface area (Å²) in [6.45, 7) is 3.97. The monoisotopic (exact) mass is 295 g/mol. The lowest BCUT2D eigenvalue weighted by Crippen LogP contribution is -2.01. The molecule has 2 rings (SSSR count). The Balaban J connectivity index is 2.27. The summed E-state index contributed by atoms with van der Waals surface area (Å²) >= 11 is 7.52. The highest BCUT2D eigenvalue weighted by atomic mass is 35.5. The van der Waals surface area contributed by atoms with E-state index in [9.17, 15) is 0 Å². The van der Waals surface area contributed by atoms with Gasteiger partial charge in [0.2, 0.25) is 0 Å². The average Bonchev–Trinajstić information content (AvgIpc) is 2.92. The maximum atomic E-state index is 6.08. The van der Waals surface area contributed by atoms with Crippen LogP contribution in [-0.4, -0.2) is 17.3 Å². The number of aryl methyl sites for hydroxylation is 1. The highest BCUT2D eigenvalue weighted by Crippen LogP contribution is 2.29. The van der Waals surface area contributed by atoms with E-state index in [1.807, 2.05) is 31.4 Å². The van der Waals surface area contributed by atoms with Crippen molar-refractivity contribution in [1.82, 2.24) is 4.98 Å². The number of hydrogen-bond donors (Lipinski definition) is 1. The molecule has 0 aliphatic rings. The van der Waals surface area contributed by atoms with Gasteiger partial charge in [0.1, 0.15) is 5.75 Å². The number of rotatable bonds is 4. The summed E-state index contributed by atoms with van der Waals surface area (Å²) in [7, 11) is 1.65. The van der Waals surface area contributed by atoms with E-state index in [4.69, 9.17) is 16.3 Å². The maximum Gasteiger partial charge on any atom is 0.185 e. The molecule has 100 valence electrons. The zero-order valence-corrected chi connectivity index (χ0v) is 12.5. The SMILES string of the molecule is COc1ccc(C)c(N/N=C(\Cl)c2nccs2)c1C. The predicted octanol–water partition coefficient (Wildman–Crippen LogP) is 3.78. The highest BCUT2D eigenvalue weighted by molar-refractivity contribution is 7.13. The first-order chi connectivity index (χ1) is 9.13. The molecule has 19 heavy (non-hydrogen) atoms. The van der Waals surface area contributed by atoms with Crippen LogP contribution >= 0.6 is 22.9 Å². The molecule has 0 radical (unpaired) electrons. The first-order valence-corrected chi connectivity index (χ1v) is 6.92. The standard InChI is InChI=1S/C13H14ClN3OS/c1-8-4-5-10(18-3)9(2)11(8)16-17-12(14)13-15-6-7-19-13/h4-7,16H,1-3H3/b17-12-. The van der Waals surface area contributed by atoms with Crippen molar-refractivity contribution in [3.8, 4) is 5.75 Å². The van der Waals surface area contributed by atoms with Gasteiger partial charge in [0.05, 0.1) is 12.8 Å². The van der Waals surface area contributed by atoms with Gasteiger partial charge in [0.15, 0.2) is 10.2 Å². The second kappa shape index (κ2) is 6.04. The van der Waals surface area contributed by atoms with Gasteiger partial charge in [-0.25, -0.2) is 4.98 Å². The number of ether oxygens (including phenoxy) is 1. The number of nitrogens with zero attached hydrogens (tertiary/aromatic N) is 2. The summed E-state index contributed by atoms with van der Waals surface area (Å²) in [5.41, 5.74) is 5.95. The summed E-state index contributed by atoms with van der Waals surface area (Å²) in [4.78, 5) is 4.10. The van der Waals surface area contributed by atoms with Gasteiger partial charge in [-0.05, 0) is 25.5 Å². The Bertz CT molecular complexity index is 596. The van der Waals surface area contributed by atoms with E-state index in [1.54, 1.807) is 13.3 Å². The Morgan fingerprint density at radius 2 is 2.21 bits per heavy atom. The van der Waals surface area contributed by atoms with Crippen LogP contribution in [0.3, 0.4) is 0 Å². The zero-order chi connectivity index (χ0) is 13.8. The largest absolute Gasteiger partial charge is 0.496 e. The minimum atomic E-state index is 0.344. The summed E-state index contributed by atoms with van der Waals surface area (Å²) in [6, 6.07) is 3.91. The first-order valence-electron chi connectivity index (χ1n) is 5.66. The molecular formula is C13H14ClN3OS. The molecule has 0 bridgehead atoms. The van der Waals surface area contributed by atoms with Crippen LogP contribution in [0.1, 0.15) is 16.1 Å². The Kier molecular flexibility index (Phi) is 4.39. The van der Waals surface area contributed by atoms with Crippen LogP contribution in [0.2, 0.25) is 0 Å². The van der Waals surface area contributed by atoms with Crippen LogP contribution < -0.4 is 10.2 Å². The molecule has 6 heteroatoms. The molecule has 0 amide bonds. The minimum absolute atomic E-state index is 0.344. The number of nitrogens with one attached hydrogen (secondary N) is 1. The molecule has 0 saturated carbocycles. The van der Waals surface area contributed by atoms with E-state index < -0.39 is 0 Å². The summed E-state index contributed by atoms with van der Waals surface area (Å²) in [6.07, 6.45) is 1.69. The van der Waals surface area contributed by atoms with Crippen molar-refractivity contribution >= 4 is 33.8 Å². The number of methoxy groups -OCH3 is 1. The van der Waals surface area contributed by atoms with Gasteiger partial charge >= 0.3 is 0 Å². The van der Waals surface area contributed by atoms with E-state index >= 15 is 0 Å². The van der Waals surface area contributed by atoms with E-state index in [2.05, 4.69) is 15.5 Å². The van der Waals surface area contributed by atoms with E-state index in [-0.39, 0.29) is 0 Å². The quantitative estimate of drug-likeness (QED) is 0.690. The van der Waals surface area contributed by atoms with E-state index in [1.165, 1.54) is 11.3 Å². The van der Waals surface area contributed by atoms with Crippen LogP contribution in [-0.2, 0) is 0 Å². The zero-order valence-electron chi connectivity index (χ0n) is 10.9. The minimum Gasteiger partial charge on any atom is -0.496 e. The average molecular weight is 296 g/mol. The number of hydrazone groups is 1. The van der Waals surface area contributed by atoms with Gasteiger partial charge in [-0.2, -0.15) is 5.10 Å². The third-order valence-electron chi connectivity index (χ3n) is 2.72. The molecule has 2 aromatic rings. The molecule has 0 saturated heterocycles. The van der Waals surface area contributed by atoms with Crippen LogP contribution in [0.4, 0.5) is 5.69 Å².